The lowest BCUT2D eigenvalue weighted by Gasteiger charge is -2.12. The van der Waals surface area contributed by atoms with E-state index in [1.165, 1.54) is 0 Å². The monoisotopic (exact) mass is 270 g/mol. The number of hydrogen-bond donors (Lipinski definition) is 2. The van der Waals surface area contributed by atoms with Crippen LogP contribution in [0, 0.1) is 0 Å². The molecule has 0 saturated carbocycles. The van der Waals surface area contributed by atoms with E-state index in [4.69, 9.17) is 21.8 Å². The summed E-state index contributed by atoms with van der Waals surface area (Å²) in [7, 11) is 0. The molecule has 1 unspecified atom stereocenters. The van der Waals surface area contributed by atoms with Crippen LogP contribution in [-0.2, 0) is 4.79 Å². The van der Waals surface area contributed by atoms with Gasteiger partial charge in [-0.2, -0.15) is 0 Å². The van der Waals surface area contributed by atoms with Crippen LogP contribution in [0.3, 0.4) is 0 Å². The van der Waals surface area contributed by atoms with Crippen molar-refractivity contribution in [2.75, 3.05) is 0 Å². The van der Waals surface area contributed by atoms with Crippen molar-refractivity contribution in [3.05, 3.63) is 28.8 Å². The summed E-state index contributed by atoms with van der Waals surface area (Å²) in [5.74, 6) is -2.30. The van der Waals surface area contributed by atoms with Crippen molar-refractivity contribution < 1.29 is 32.9 Å². The molecule has 17 heavy (non-hydrogen) atoms. The first kappa shape index (κ1) is 13.6. The predicted molar refractivity (Wildman–Crippen MR) is 50.7 cm³/mol. The smallest absolute Gasteiger partial charge is 0.479 e. The van der Waals surface area contributed by atoms with Crippen molar-refractivity contribution in [1.82, 2.24) is 0 Å². The van der Waals surface area contributed by atoms with E-state index in [1.54, 1.807) is 0 Å². The molecule has 8 heteroatoms. The zero-order valence-corrected chi connectivity index (χ0v) is 8.79. The molecule has 0 spiro atoms. The minimum absolute atomic E-state index is 0.179. The van der Waals surface area contributed by atoms with Gasteiger partial charge in [-0.15, -0.1) is 13.2 Å². The Labute approximate surface area is 98.2 Å². The van der Waals surface area contributed by atoms with E-state index in [-0.39, 0.29) is 10.6 Å². The molecular weight excluding hydrogens is 265 g/mol. The van der Waals surface area contributed by atoms with E-state index in [9.17, 15) is 18.0 Å². The van der Waals surface area contributed by atoms with Gasteiger partial charge in [0.15, 0.2) is 6.10 Å². The number of halogens is 4. The molecule has 0 fully saturated rings. The number of carboxylic acid groups (broad SMARTS) is 1. The van der Waals surface area contributed by atoms with E-state index in [0.717, 1.165) is 18.2 Å². The van der Waals surface area contributed by atoms with Crippen LogP contribution in [0.4, 0.5) is 13.2 Å². The number of aliphatic carboxylic acids is 1. The van der Waals surface area contributed by atoms with Gasteiger partial charge in [0.2, 0.25) is 0 Å². The fourth-order valence-electron chi connectivity index (χ4n) is 1.08. The van der Waals surface area contributed by atoms with Gasteiger partial charge in [-0.3, -0.25) is 0 Å². The molecule has 0 aliphatic rings. The maximum absolute atomic E-state index is 11.9. The van der Waals surface area contributed by atoms with E-state index in [0.29, 0.717) is 0 Å². The maximum Gasteiger partial charge on any atom is 0.573 e. The van der Waals surface area contributed by atoms with Gasteiger partial charge in [-0.05, 0) is 23.8 Å². The summed E-state index contributed by atoms with van der Waals surface area (Å²) in [6.45, 7) is 0. The molecule has 0 saturated heterocycles. The maximum atomic E-state index is 11.9. The molecule has 0 aliphatic carbocycles. The van der Waals surface area contributed by atoms with Crippen LogP contribution in [0.1, 0.15) is 11.7 Å². The van der Waals surface area contributed by atoms with Crippen LogP contribution in [0.2, 0.25) is 5.02 Å². The Kier molecular flexibility index (Phi) is 3.84. The van der Waals surface area contributed by atoms with Gasteiger partial charge in [0.05, 0.1) is 0 Å². The number of alkyl halides is 3. The minimum atomic E-state index is -4.92. The standard InChI is InChI=1S/C9H6ClF3O4/c10-5-1-4(7(14)8(15)16)2-6(3-5)17-9(11,12)13/h1-3,7,14H,(H,15,16). The third-order valence-electron chi connectivity index (χ3n) is 1.68. The summed E-state index contributed by atoms with van der Waals surface area (Å²) in [5.41, 5.74) is -0.302. The molecule has 1 aromatic carbocycles. The molecule has 1 rings (SSSR count). The number of ether oxygens (including phenoxy) is 1. The molecule has 0 amide bonds. The first-order valence-corrected chi connectivity index (χ1v) is 4.54. The topological polar surface area (TPSA) is 66.8 Å². The summed E-state index contributed by atoms with van der Waals surface area (Å²) in [4.78, 5) is 10.5. The number of rotatable bonds is 3. The lowest BCUT2D eigenvalue weighted by molar-refractivity contribution is -0.274. The van der Waals surface area contributed by atoms with Crippen LogP contribution in [0.15, 0.2) is 18.2 Å². The van der Waals surface area contributed by atoms with Crippen molar-refractivity contribution in [3.8, 4) is 5.75 Å². The average Bonchev–Trinajstić information content (AvgIpc) is 2.12. The van der Waals surface area contributed by atoms with Gasteiger partial charge >= 0.3 is 12.3 Å². The highest BCUT2D eigenvalue weighted by Gasteiger charge is 2.31. The van der Waals surface area contributed by atoms with Gasteiger partial charge in [-0.1, -0.05) is 11.6 Å². The Balaban J connectivity index is 3.06. The van der Waals surface area contributed by atoms with Gasteiger partial charge in [-0.25, -0.2) is 4.79 Å². The number of carboxylic acids is 1. The molecule has 0 aromatic heterocycles. The van der Waals surface area contributed by atoms with Crippen LogP contribution in [-0.4, -0.2) is 22.5 Å². The number of hydrogen-bond acceptors (Lipinski definition) is 3. The van der Waals surface area contributed by atoms with E-state index in [1.807, 2.05) is 0 Å². The second-order valence-electron chi connectivity index (χ2n) is 3.01. The Hall–Kier alpha value is -1.47. The normalized spacial score (nSPS) is 13.2. The lowest BCUT2D eigenvalue weighted by Crippen LogP contribution is -2.17. The molecule has 4 nitrogen and oxygen atoms in total. The van der Waals surface area contributed by atoms with Gasteiger partial charge in [0.1, 0.15) is 5.75 Å². The zero-order chi connectivity index (χ0) is 13.2. The number of aliphatic hydroxyl groups excluding tert-OH is 1. The first-order valence-electron chi connectivity index (χ1n) is 4.16. The molecule has 0 heterocycles. The van der Waals surface area contributed by atoms with Crippen molar-refractivity contribution in [3.63, 3.8) is 0 Å². The Morgan fingerprint density at radius 3 is 2.41 bits per heavy atom. The second kappa shape index (κ2) is 4.80. The lowest BCUT2D eigenvalue weighted by atomic mass is 10.1. The highest BCUT2D eigenvalue weighted by molar-refractivity contribution is 6.30. The van der Waals surface area contributed by atoms with Crippen LogP contribution in [0.5, 0.6) is 5.75 Å². The van der Waals surface area contributed by atoms with Crippen LogP contribution >= 0.6 is 11.6 Å². The summed E-state index contributed by atoms with van der Waals surface area (Å²) in [6.07, 6.45) is -6.89. The van der Waals surface area contributed by atoms with E-state index in [2.05, 4.69) is 4.74 Å². The van der Waals surface area contributed by atoms with Crippen molar-refractivity contribution in [1.29, 1.82) is 0 Å². The van der Waals surface area contributed by atoms with Gasteiger partial charge < -0.3 is 14.9 Å². The second-order valence-corrected chi connectivity index (χ2v) is 3.45. The van der Waals surface area contributed by atoms with Crippen molar-refractivity contribution >= 4 is 17.6 Å². The summed E-state index contributed by atoms with van der Waals surface area (Å²) in [5, 5.41) is 17.5. The fourth-order valence-corrected chi connectivity index (χ4v) is 1.31. The largest absolute Gasteiger partial charge is 0.573 e. The molecule has 94 valence electrons. The van der Waals surface area contributed by atoms with Gasteiger partial charge in [0, 0.05) is 5.02 Å². The molecule has 1 atom stereocenters. The SMILES string of the molecule is O=C(O)C(O)c1cc(Cl)cc(OC(F)(F)F)c1. The molecule has 0 bridgehead atoms. The highest BCUT2D eigenvalue weighted by Crippen LogP contribution is 2.29. The van der Waals surface area contributed by atoms with Crippen molar-refractivity contribution in [2.24, 2.45) is 0 Å². The number of aliphatic hydroxyl groups is 1. The Morgan fingerprint density at radius 2 is 1.94 bits per heavy atom. The molecular formula is C9H6ClF3O4. The van der Waals surface area contributed by atoms with Crippen LogP contribution in [0.25, 0.3) is 0 Å². The third kappa shape index (κ3) is 4.12. The zero-order valence-electron chi connectivity index (χ0n) is 8.03. The summed E-state index contributed by atoms with van der Waals surface area (Å²) in [6, 6.07) is 2.63. The first-order chi connectivity index (χ1) is 7.69. The average molecular weight is 271 g/mol. The van der Waals surface area contributed by atoms with Gasteiger partial charge in [0.25, 0.3) is 0 Å². The third-order valence-corrected chi connectivity index (χ3v) is 1.90. The number of carbonyl (C=O) groups is 1. The van der Waals surface area contributed by atoms with E-state index < -0.39 is 24.2 Å². The molecule has 2 N–H and O–H groups in total. The molecule has 1 aromatic rings. The minimum Gasteiger partial charge on any atom is -0.479 e. The summed E-state index contributed by atoms with van der Waals surface area (Å²) < 4.78 is 39.3. The Bertz CT molecular complexity index is 433. The highest BCUT2D eigenvalue weighted by atomic mass is 35.5. The van der Waals surface area contributed by atoms with Crippen LogP contribution < -0.4 is 4.74 Å². The summed E-state index contributed by atoms with van der Waals surface area (Å²) >= 11 is 5.48. The quantitative estimate of drug-likeness (QED) is 0.885. The predicted octanol–water partition coefficient (Wildman–Crippen LogP) is 2.36. The Morgan fingerprint density at radius 1 is 1.35 bits per heavy atom. The van der Waals surface area contributed by atoms with Crippen molar-refractivity contribution in [2.45, 2.75) is 12.5 Å². The number of benzene rings is 1. The fraction of sp³-hybridized carbons (Fsp3) is 0.222. The molecule has 0 radical (unpaired) electrons. The van der Waals surface area contributed by atoms with E-state index >= 15 is 0 Å². The molecule has 0 aliphatic heterocycles.